The number of anilines is 2. The number of thiocarbonyl (C=S) groups is 1. The molecule has 1 aliphatic heterocycles. The van der Waals surface area contributed by atoms with E-state index in [0.29, 0.717) is 16.7 Å². The first-order chi connectivity index (χ1) is 9.16. The van der Waals surface area contributed by atoms with Gasteiger partial charge in [-0.05, 0) is 37.1 Å². The number of hydrogen-bond donors (Lipinski definition) is 1. The lowest BCUT2D eigenvalue weighted by Crippen LogP contribution is -2.24. The standard InChI is InChI=1S/C15H15N3S/c1-10-8-11-4-2-3-5-14(11)18(10)12-6-7-13(15(16)19)17-9-12/h2-7,9-10H,8H2,1H3,(H2,16,19). The van der Waals surface area contributed by atoms with Crippen molar-refractivity contribution >= 4 is 28.6 Å². The molecule has 1 atom stereocenters. The first-order valence-electron chi connectivity index (χ1n) is 6.30. The summed E-state index contributed by atoms with van der Waals surface area (Å²) in [5.74, 6) is 0. The fourth-order valence-electron chi connectivity index (χ4n) is 2.63. The second-order valence-corrected chi connectivity index (χ2v) is 5.26. The Bertz CT molecular complexity index is 622. The van der Waals surface area contributed by atoms with Crippen LogP contribution in [-0.2, 0) is 6.42 Å². The van der Waals surface area contributed by atoms with Crippen LogP contribution in [0.5, 0.6) is 0 Å². The number of para-hydroxylation sites is 1. The summed E-state index contributed by atoms with van der Waals surface area (Å²) in [4.78, 5) is 6.97. The van der Waals surface area contributed by atoms with Gasteiger partial charge in [-0.3, -0.25) is 4.98 Å². The summed E-state index contributed by atoms with van der Waals surface area (Å²) in [5.41, 5.74) is 9.97. The smallest absolute Gasteiger partial charge is 0.122 e. The van der Waals surface area contributed by atoms with Crippen LogP contribution in [0.25, 0.3) is 0 Å². The monoisotopic (exact) mass is 269 g/mol. The van der Waals surface area contributed by atoms with Crippen molar-refractivity contribution in [1.82, 2.24) is 4.98 Å². The number of fused-ring (bicyclic) bond motifs is 1. The number of aromatic nitrogens is 1. The highest BCUT2D eigenvalue weighted by atomic mass is 32.1. The summed E-state index contributed by atoms with van der Waals surface area (Å²) in [6.07, 6.45) is 2.90. The van der Waals surface area contributed by atoms with Gasteiger partial charge in [0.15, 0.2) is 0 Å². The third-order valence-corrected chi connectivity index (χ3v) is 3.69. The van der Waals surface area contributed by atoms with Crippen LogP contribution >= 0.6 is 12.2 Å². The van der Waals surface area contributed by atoms with E-state index in [0.717, 1.165) is 12.1 Å². The molecule has 2 aromatic rings. The molecule has 2 heterocycles. The summed E-state index contributed by atoms with van der Waals surface area (Å²) < 4.78 is 0. The molecule has 2 N–H and O–H groups in total. The summed E-state index contributed by atoms with van der Waals surface area (Å²) in [6, 6.07) is 12.8. The van der Waals surface area contributed by atoms with Crippen LogP contribution in [0.15, 0.2) is 42.6 Å². The van der Waals surface area contributed by atoms with Crippen LogP contribution in [0.2, 0.25) is 0 Å². The lowest BCUT2D eigenvalue weighted by Gasteiger charge is -2.24. The fourth-order valence-corrected chi connectivity index (χ4v) is 2.75. The quantitative estimate of drug-likeness (QED) is 0.851. The van der Waals surface area contributed by atoms with Gasteiger partial charge in [0.25, 0.3) is 0 Å². The maximum atomic E-state index is 5.58. The molecule has 1 aliphatic rings. The van der Waals surface area contributed by atoms with Crippen LogP contribution in [0.4, 0.5) is 11.4 Å². The van der Waals surface area contributed by atoms with Crippen molar-refractivity contribution in [2.45, 2.75) is 19.4 Å². The van der Waals surface area contributed by atoms with E-state index in [1.807, 2.05) is 18.3 Å². The van der Waals surface area contributed by atoms with Gasteiger partial charge in [0.1, 0.15) is 4.99 Å². The number of rotatable bonds is 2. The van der Waals surface area contributed by atoms with Crippen molar-refractivity contribution in [3.63, 3.8) is 0 Å². The second-order valence-electron chi connectivity index (χ2n) is 4.82. The minimum atomic E-state index is 0.335. The van der Waals surface area contributed by atoms with E-state index in [1.54, 1.807) is 0 Å². The molecule has 3 nitrogen and oxygen atoms in total. The van der Waals surface area contributed by atoms with E-state index in [9.17, 15) is 0 Å². The van der Waals surface area contributed by atoms with Crippen molar-refractivity contribution < 1.29 is 0 Å². The van der Waals surface area contributed by atoms with Crippen molar-refractivity contribution in [1.29, 1.82) is 0 Å². The largest absolute Gasteiger partial charge is 0.388 e. The molecule has 0 saturated heterocycles. The zero-order valence-corrected chi connectivity index (χ0v) is 11.5. The van der Waals surface area contributed by atoms with E-state index in [1.165, 1.54) is 11.3 Å². The van der Waals surface area contributed by atoms with E-state index in [4.69, 9.17) is 18.0 Å². The molecule has 4 heteroatoms. The Labute approximate surface area is 118 Å². The Hall–Kier alpha value is -1.94. The van der Waals surface area contributed by atoms with Crippen molar-refractivity contribution in [3.05, 3.63) is 53.9 Å². The highest BCUT2D eigenvalue weighted by Gasteiger charge is 2.26. The predicted molar refractivity (Wildman–Crippen MR) is 81.9 cm³/mol. The molecule has 1 aromatic carbocycles. The van der Waals surface area contributed by atoms with E-state index in [-0.39, 0.29) is 0 Å². The van der Waals surface area contributed by atoms with E-state index >= 15 is 0 Å². The molecular formula is C15H15N3S. The first-order valence-corrected chi connectivity index (χ1v) is 6.70. The van der Waals surface area contributed by atoms with E-state index < -0.39 is 0 Å². The topological polar surface area (TPSA) is 42.1 Å². The molecule has 0 fully saturated rings. The summed E-state index contributed by atoms with van der Waals surface area (Å²) in [6.45, 7) is 2.22. The number of benzene rings is 1. The van der Waals surface area contributed by atoms with Gasteiger partial charge in [-0.2, -0.15) is 0 Å². The minimum Gasteiger partial charge on any atom is -0.388 e. The van der Waals surface area contributed by atoms with Crippen LogP contribution in [0, 0.1) is 0 Å². The molecule has 0 radical (unpaired) electrons. The molecule has 1 unspecified atom stereocenters. The lowest BCUT2D eigenvalue weighted by molar-refractivity contribution is 0.757. The third-order valence-electron chi connectivity index (χ3n) is 3.49. The van der Waals surface area contributed by atoms with Crippen molar-refractivity contribution in [3.8, 4) is 0 Å². The number of nitrogens with zero attached hydrogens (tertiary/aromatic N) is 2. The Balaban J connectivity index is 2.00. The Morgan fingerprint density at radius 3 is 2.79 bits per heavy atom. The van der Waals surface area contributed by atoms with Gasteiger partial charge >= 0.3 is 0 Å². The number of nitrogens with two attached hydrogens (primary N) is 1. The van der Waals surface area contributed by atoms with Gasteiger partial charge < -0.3 is 10.6 Å². The molecule has 3 rings (SSSR count). The summed E-state index contributed by atoms with van der Waals surface area (Å²) in [7, 11) is 0. The van der Waals surface area contributed by atoms with Gasteiger partial charge in [-0.1, -0.05) is 30.4 Å². The SMILES string of the molecule is CC1Cc2ccccc2N1c1ccc(C(N)=S)nc1. The number of pyridine rings is 1. The Morgan fingerprint density at radius 2 is 2.11 bits per heavy atom. The van der Waals surface area contributed by atoms with Gasteiger partial charge in [-0.25, -0.2) is 0 Å². The highest BCUT2D eigenvalue weighted by Crippen LogP contribution is 2.37. The van der Waals surface area contributed by atoms with Crippen molar-refractivity contribution in [2.24, 2.45) is 5.73 Å². The van der Waals surface area contributed by atoms with Crippen LogP contribution in [0.1, 0.15) is 18.2 Å². The zero-order valence-electron chi connectivity index (χ0n) is 10.7. The van der Waals surface area contributed by atoms with Gasteiger partial charge in [0.05, 0.1) is 17.6 Å². The van der Waals surface area contributed by atoms with Crippen LogP contribution in [-0.4, -0.2) is 16.0 Å². The average molecular weight is 269 g/mol. The molecule has 0 aliphatic carbocycles. The summed E-state index contributed by atoms with van der Waals surface area (Å²) in [5, 5.41) is 0. The molecule has 96 valence electrons. The molecule has 0 spiro atoms. The molecule has 0 bridgehead atoms. The van der Waals surface area contributed by atoms with Crippen LogP contribution in [0.3, 0.4) is 0 Å². The maximum Gasteiger partial charge on any atom is 0.122 e. The van der Waals surface area contributed by atoms with E-state index in [2.05, 4.69) is 41.1 Å². The normalized spacial score (nSPS) is 17.3. The van der Waals surface area contributed by atoms with Gasteiger partial charge in [0, 0.05) is 11.7 Å². The molecule has 19 heavy (non-hydrogen) atoms. The predicted octanol–water partition coefficient (Wildman–Crippen LogP) is 2.80. The number of hydrogen-bond acceptors (Lipinski definition) is 3. The molecule has 1 aromatic heterocycles. The maximum absolute atomic E-state index is 5.58. The molecule has 0 amide bonds. The summed E-state index contributed by atoms with van der Waals surface area (Å²) >= 11 is 4.93. The Kier molecular flexibility index (Phi) is 2.95. The minimum absolute atomic E-state index is 0.335. The van der Waals surface area contributed by atoms with Gasteiger partial charge in [0.2, 0.25) is 0 Å². The fraction of sp³-hybridized carbons (Fsp3) is 0.200. The third kappa shape index (κ3) is 2.08. The lowest BCUT2D eigenvalue weighted by atomic mass is 10.1. The average Bonchev–Trinajstić information content (AvgIpc) is 2.74. The zero-order chi connectivity index (χ0) is 13.4. The molecular weight excluding hydrogens is 254 g/mol. The highest BCUT2D eigenvalue weighted by molar-refractivity contribution is 7.80. The Morgan fingerprint density at radius 1 is 1.32 bits per heavy atom. The second kappa shape index (κ2) is 4.63. The first kappa shape index (κ1) is 12.1. The van der Waals surface area contributed by atoms with Gasteiger partial charge in [-0.15, -0.1) is 0 Å². The molecule has 0 saturated carbocycles. The van der Waals surface area contributed by atoms with Crippen LogP contribution < -0.4 is 10.6 Å². The van der Waals surface area contributed by atoms with Crippen molar-refractivity contribution in [2.75, 3.05) is 4.90 Å².